The Kier molecular flexibility index (Phi) is 3.72. The van der Waals surface area contributed by atoms with Crippen LogP contribution in [-0.4, -0.2) is 29.2 Å². The summed E-state index contributed by atoms with van der Waals surface area (Å²) in [6.45, 7) is 1.67. The zero-order valence-electron chi connectivity index (χ0n) is 9.56. The molecule has 0 unspecified atom stereocenters. The molecule has 0 aliphatic carbocycles. The van der Waals surface area contributed by atoms with Crippen LogP contribution >= 0.6 is 0 Å². The zero-order valence-corrected chi connectivity index (χ0v) is 9.56. The standard InChI is InChI=1S/C13H15FN2O/c14-12-4-3-10(11(6-12)7-15)8-16-5-1-2-13(16)9-17/h3-4,6,13,17H,1-2,5,8-9H2/t13-/m1/s1. The Morgan fingerprint density at radius 1 is 1.53 bits per heavy atom. The van der Waals surface area contributed by atoms with Crippen LogP contribution in [0.15, 0.2) is 18.2 Å². The maximum absolute atomic E-state index is 13.0. The van der Waals surface area contributed by atoms with Gasteiger partial charge in [-0.25, -0.2) is 4.39 Å². The van der Waals surface area contributed by atoms with E-state index in [4.69, 9.17) is 5.26 Å². The molecule has 0 bridgehead atoms. The highest BCUT2D eigenvalue weighted by Gasteiger charge is 2.24. The lowest BCUT2D eigenvalue weighted by Gasteiger charge is -2.23. The molecule has 1 aromatic rings. The van der Waals surface area contributed by atoms with Gasteiger partial charge in [-0.1, -0.05) is 6.07 Å². The number of aliphatic hydroxyl groups is 1. The SMILES string of the molecule is N#Cc1cc(F)ccc1CN1CCC[C@@H]1CO. The molecule has 90 valence electrons. The van der Waals surface area contributed by atoms with E-state index in [1.54, 1.807) is 6.07 Å². The molecule has 2 rings (SSSR count). The zero-order chi connectivity index (χ0) is 12.3. The first-order chi connectivity index (χ1) is 8.24. The van der Waals surface area contributed by atoms with Gasteiger partial charge in [-0.2, -0.15) is 5.26 Å². The topological polar surface area (TPSA) is 47.3 Å². The minimum absolute atomic E-state index is 0.142. The molecule has 0 spiro atoms. The lowest BCUT2D eigenvalue weighted by atomic mass is 10.1. The van der Waals surface area contributed by atoms with Crippen molar-refractivity contribution in [3.8, 4) is 6.07 Å². The van der Waals surface area contributed by atoms with E-state index in [-0.39, 0.29) is 18.5 Å². The van der Waals surface area contributed by atoms with E-state index in [9.17, 15) is 9.50 Å². The van der Waals surface area contributed by atoms with Crippen LogP contribution in [0.5, 0.6) is 0 Å². The Labute approximate surface area is 100 Å². The van der Waals surface area contributed by atoms with Crippen LogP contribution in [0.3, 0.4) is 0 Å². The summed E-state index contributed by atoms with van der Waals surface area (Å²) in [7, 11) is 0. The fourth-order valence-electron chi connectivity index (χ4n) is 2.32. The van der Waals surface area contributed by atoms with Crippen molar-refractivity contribution < 1.29 is 9.50 Å². The predicted molar refractivity (Wildman–Crippen MR) is 61.6 cm³/mol. The summed E-state index contributed by atoms with van der Waals surface area (Å²) in [5.41, 5.74) is 1.21. The van der Waals surface area contributed by atoms with Gasteiger partial charge < -0.3 is 5.11 Å². The van der Waals surface area contributed by atoms with Crippen LogP contribution in [0.4, 0.5) is 4.39 Å². The predicted octanol–water partition coefficient (Wildman–Crippen LogP) is 1.65. The second-order valence-corrected chi connectivity index (χ2v) is 4.36. The molecule has 4 heteroatoms. The van der Waals surface area contributed by atoms with E-state index >= 15 is 0 Å². The number of hydrogen-bond donors (Lipinski definition) is 1. The lowest BCUT2D eigenvalue weighted by molar-refractivity contribution is 0.153. The van der Waals surface area contributed by atoms with Crippen molar-refractivity contribution in [3.63, 3.8) is 0 Å². The molecule has 1 saturated heterocycles. The van der Waals surface area contributed by atoms with Gasteiger partial charge in [0.15, 0.2) is 0 Å². The Balaban J connectivity index is 2.16. The normalized spacial score (nSPS) is 20.4. The van der Waals surface area contributed by atoms with Crippen molar-refractivity contribution in [2.45, 2.75) is 25.4 Å². The highest BCUT2D eigenvalue weighted by Crippen LogP contribution is 2.21. The van der Waals surface area contributed by atoms with E-state index in [0.717, 1.165) is 24.9 Å². The fraction of sp³-hybridized carbons (Fsp3) is 0.462. The minimum Gasteiger partial charge on any atom is -0.395 e. The minimum atomic E-state index is -0.384. The van der Waals surface area contributed by atoms with Gasteiger partial charge in [0.1, 0.15) is 5.82 Å². The van der Waals surface area contributed by atoms with Gasteiger partial charge in [0, 0.05) is 12.6 Å². The van der Waals surface area contributed by atoms with Crippen LogP contribution in [0.1, 0.15) is 24.0 Å². The molecular weight excluding hydrogens is 219 g/mol. The Bertz CT molecular complexity index is 442. The van der Waals surface area contributed by atoms with Crippen LogP contribution in [0, 0.1) is 17.1 Å². The molecule has 0 saturated carbocycles. The number of benzene rings is 1. The summed E-state index contributed by atoms with van der Waals surface area (Å²) in [6, 6.07) is 6.48. The second-order valence-electron chi connectivity index (χ2n) is 4.36. The van der Waals surface area contributed by atoms with E-state index in [1.807, 2.05) is 6.07 Å². The van der Waals surface area contributed by atoms with Crippen molar-refractivity contribution in [3.05, 3.63) is 35.1 Å². The number of aliphatic hydroxyl groups excluding tert-OH is 1. The quantitative estimate of drug-likeness (QED) is 0.865. The molecule has 1 aliphatic rings. The molecule has 1 atom stereocenters. The van der Waals surface area contributed by atoms with Crippen molar-refractivity contribution in [1.29, 1.82) is 5.26 Å². The molecule has 3 nitrogen and oxygen atoms in total. The van der Waals surface area contributed by atoms with E-state index in [2.05, 4.69) is 4.90 Å². The molecule has 0 aromatic heterocycles. The number of nitrogens with zero attached hydrogens (tertiary/aromatic N) is 2. The highest BCUT2D eigenvalue weighted by molar-refractivity contribution is 5.37. The van der Waals surface area contributed by atoms with Crippen molar-refractivity contribution in [2.24, 2.45) is 0 Å². The van der Waals surface area contributed by atoms with Crippen LogP contribution in [0.2, 0.25) is 0 Å². The monoisotopic (exact) mass is 234 g/mol. The summed E-state index contributed by atoms with van der Waals surface area (Å²) >= 11 is 0. The molecule has 1 heterocycles. The molecule has 0 amide bonds. The maximum Gasteiger partial charge on any atom is 0.124 e. The van der Waals surface area contributed by atoms with E-state index < -0.39 is 0 Å². The Morgan fingerprint density at radius 3 is 3.06 bits per heavy atom. The van der Waals surface area contributed by atoms with E-state index in [1.165, 1.54) is 12.1 Å². The largest absolute Gasteiger partial charge is 0.395 e. The summed E-state index contributed by atoms with van der Waals surface area (Å²) < 4.78 is 13.0. The first-order valence-electron chi connectivity index (χ1n) is 5.78. The van der Waals surface area contributed by atoms with Crippen molar-refractivity contribution in [2.75, 3.05) is 13.2 Å². The number of likely N-dealkylation sites (tertiary alicyclic amines) is 1. The molecule has 1 aliphatic heterocycles. The van der Waals surface area contributed by atoms with Crippen molar-refractivity contribution >= 4 is 0 Å². The average Bonchev–Trinajstić information content (AvgIpc) is 2.78. The van der Waals surface area contributed by atoms with Gasteiger partial charge in [-0.15, -0.1) is 0 Å². The summed E-state index contributed by atoms with van der Waals surface area (Å²) in [5.74, 6) is -0.384. The van der Waals surface area contributed by atoms with Crippen molar-refractivity contribution in [1.82, 2.24) is 4.90 Å². The lowest BCUT2D eigenvalue weighted by Crippen LogP contribution is -2.31. The average molecular weight is 234 g/mol. The number of nitriles is 1. The smallest absolute Gasteiger partial charge is 0.124 e. The van der Waals surface area contributed by atoms with Crippen LogP contribution < -0.4 is 0 Å². The highest BCUT2D eigenvalue weighted by atomic mass is 19.1. The van der Waals surface area contributed by atoms with Gasteiger partial charge in [0.25, 0.3) is 0 Å². The first-order valence-corrected chi connectivity index (χ1v) is 5.78. The number of rotatable bonds is 3. The Morgan fingerprint density at radius 2 is 2.35 bits per heavy atom. The van der Waals surface area contributed by atoms with Gasteiger partial charge in [0.2, 0.25) is 0 Å². The first kappa shape index (κ1) is 12.0. The second kappa shape index (κ2) is 5.26. The molecule has 0 radical (unpaired) electrons. The molecular formula is C13H15FN2O. The third-order valence-electron chi connectivity index (χ3n) is 3.28. The van der Waals surface area contributed by atoms with Gasteiger partial charge in [0.05, 0.1) is 18.2 Å². The Hall–Kier alpha value is -1.44. The molecule has 1 N–H and O–H groups in total. The van der Waals surface area contributed by atoms with E-state index in [0.29, 0.717) is 12.1 Å². The van der Waals surface area contributed by atoms with Gasteiger partial charge >= 0.3 is 0 Å². The van der Waals surface area contributed by atoms with Crippen LogP contribution in [0.25, 0.3) is 0 Å². The fourth-order valence-corrected chi connectivity index (χ4v) is 2.32. The summed E-state index contributed by atoms with van der Waals surface area (Å²) in [4.78, 5) is 2.15. The number of hydrogen-bond acceptors (Lipinski definition) is 3. The third kappa shape index (κ3) is 2.63. The summed E-state index contributed by atoms with van der Waals surface area (Å²) in [5, 5.41) is 18.2. The molecule has 1 fully saturated rings. The molecule has 1 aromatic carbocycles. The third-order valence-corrected chi connectivity index (χ3v) is 3.28. The van der Waals surface area contributed by atoms with Gasteiger partial charge in [-0.05, 0) is 37.1 Å². The molecule has 17 heavy (non-hydrogen) atoms. The van der Waals surface area contributed by atoms with Crippen LogP contribution in [-0.2, 0) is 6.54 Å². The number of halogens is 1. The maximum atomic E-state index is 13.0. The summed E-state index contributed by atoms with van der Waals surface area (Å²) in [6.07, 6.45) is 2.05. The van der Waals surface area contributed by atoms with Gasteiger partial charge in [-0.3, -0.25) is 4.90 Å².